The van der Waals surface area contributed by atoms with Crippen molar-refractivity contribution in [3.05, 3.63) is 35.9 Å². The second-order valence-corrected chi connectivity index (χ2v) is 9.00. The maximum atomic E-state index is 10.0. The van der Waals surface area contributed by atoms with E-state index in [1.54, 1.807) is 23.9 Å². The molecule has 162 valence electrons. The van der Waals surface area contributed by atoms with Gasteiger partial charge in [-0.1, -0.05) is 5.16 Å². The summed E-state index contributed by atoms with van der Waals surface area (Å²) in [6.07, 6.45) is 10.5. The van der Waals surface area contributed by atoms with E-state index < -0.39 is 6.09 Å². The monoisotopic (exact) mass is 431 g/mol. The van der Waals surface area contributed by atoms with Crippen LogP contribution in [0.1, 0.15) is 43.7 Å². The largest absolute Gasteiger partial charge is 0.465 e. The van der Waals surface area contributed by atoms with Crippen LogP contribution in [0, 0.1) is 5.92 Å². The van der Waals surface area contributed by atoms with Crippen LogP contribution in [0.15, 0.2) is 34.7 Å². The SMILES string of the molecule is O=C(O)NCCCn1ccnc1.c1cc2onc(C3CCN(CC4CC4)CC3)c2s1. The molecule has 1 saturated heterocycles. The van der Waals surface area contributed by atoms with E-state index in [4.69, 9.17) is 9.63 Å². The summed E-state index contributed by atoms with van der Waals surface area (Å²) in [6, 6.07) is 2.03. The minimum absolute atomic E-state index is 0.480. The Kier molecular flexibility index (Phi) is 7.01. The van der Waals surface area contributed by atoms with E-state index in [1.165, 1.54) is 55.7 Å². The summed E-state index contributed by atoms with van der Waals surface area (Å²) in [4.78, 5) is 16.5. The van der Waals surface area contributed by atoms with Crippen molar-refractivity contribution in [2.24, 2.45) is 5.92 Å². The summed E-state index contributed by atoms with van der Waals surface area (Å²) in [5, 5.41) is 16.9. The zero-order chi connectivity index (χ0) is 20.8. The first-order valence-corrected chi connectivity index (χ1v) is 11.5. The molecule has 0 radical (unpaired) electrons. The molecule has 9 heteroatoms. The van der Waals surface area contributed by atoms with Crippen molar-refractivity contribution in [1.82, 2.24) is 24.9 Å². The van der Waals surface area contributed by atoms with Gasteiger partial charge in [0.2, 0.25) is 0 Å². The molecule has 2 N–H and O–H groups in total. The molecule has 5 rings (SSSR count). The van der Waals surface area contributed by atoms with Crippen molar-refractivity contribution < 1.29 is 14.4 Å². The quantitative estimate of drug-likeness (QED) is 0.549. The normalized spacial score (nSPS) is 17.6. The highest BCUT2D eigenvalue weighted by Gasteiger charge is 2.29. The minimum Gasteiger partial charge on any atom is -0.465 e. The molecular formula is C21H29N5O3S. The van der Waals surface area contributed by atoms with Crippen LogP contribution in [0.4, 0.5) is 4.79 Å². The molecule has 1 aliphatic heterocycles. The van der Waals surface area contributed by atoms with Crippen LogP contribution in [0.25, 0.3) is 10.3 Å². The summed E-state index contributed by atoms with van der Waals surface area (Å²) in [5.41, 5.74) is 2.18. The molecule has 4 heterocycles. The standard InChI is InChI=1S/C14H18N2OS.C7H11N3O2/c1-2-10(1)9-16-6-3-11(4-7-16)13-14-12(17-15-13)5-8-18-14;11-7(12)9-2-1-4-10-5-3-8-6-10/h5,8,10-11H,1-4,6-7,9H2;3,5-6,9H,1-2,4H2,(H,11,12). The summed E-state index contributed by atoms with van der Waals surface area (Å²) >= 11 is 1.77. The van der Waals surface area contributed by atoms with Gasteiger partial charge in [0.15, 0.2) is 5.58 Å². The third-order valence-electron chi connectivity index (χ3n) is 5.72. The van der Waals surface area contributed by atoms with Crippen LogP contribution in [0.2, 0.25) is 0 Å². The molecule has 1 aliphatic carbocycles. The van der Waals surface area contributed by atoms with E-state index in [0.717, 1.165) is 24.5 Å². The molecule has 0 bridgehead atoms. The van der Waals surface area contributed by atoms with Gasteiger partial charge in [0.05, 0.1) is 11.0 Å². The average molecular weight is 432 g/mol. The lowest BCUT2D eigenvalue weighted by Crippen LogP contribution is -2.34. The van der Waals surface area contributed by atoms with E-state index in [1.807, 2.05) is 16.8 Å². The fourth-order valence-electron chi connectivity index (χ4n) is 3.89. The van der Waals surface area contributed by atoms with E-state index in [-0.39, 0.29) is 0 Å². The number of thiophene rings is 1. The number of nitrogens with zero attached hydrogens (tertiary/aromatic N) is 4. The zero-order valence-corrected chi connectivity index (χ0v) is 17.9. The van der Waals surface area contributed by atoms with Crippen molar-refractivity contribution in [1.29, 1.82) is 0 Å². The Bertz CT molecular complexity index is 910. The lowest BCUT2D eigenvalue weighted by molar-refractivity contribution is 0.194. The number of nitrogens with one attached hydrogen (secondary N) is 1. The molecule has 8 nitrogen and oxygen atoms in total. The lowest BCUT2D eigenvalue weighted by atomic mass is 9.93. The lowest BCUT2D eigenvalue weighted by Gasteiger charge is -2.30. The number of hydrogen-bond acceptors (Lipinski definition) is 6. The third kappa shape index (κ3) is 5.82. The fraction of sp³-hybridized carbons (Fsp3) is 0.571. The van der Waals surface area contributed by atoms with Gasteiger partial charge in [-0.2, -0.15) is 0 Å². The van der Waals surface area contributed by atoms with Gasteiger partial charge in [-0.05, 0) is 62.6 Å². The first-order valence-electron chi connectivity index (χ1n) is 10.7. The smallest absolute Gasteiger partial charge is 0.404 e. The van der Waals surface area contributed by atoms with Gasteiger partial charge in [-0.25, -0.2) is 9.78 Å². The summed E-state index contributed by atoms with van der Waals surface area (Å²) in [6.45, 7) is 5.08. The number of carboxylic acid groups (broad SMARTS) is 1. The van der Waals surface area contributed by atoms with E-state index in [0.29, 0.717) is 12.5 Å². The Morgan fingerprint density at radius 3 is 2.83 bits per heavy atom. The average Bonchev–Trinajstić information content (AvgIpc) is 3.14. The maximum Gasteiger partial charge on any atom is 0.404 e. The van der Waals surface area contributed by atoms with Crippen LogP contribution < -0.4 is 5.32 Å². The van der Waals surface area contributed by atoms with Crippen molar-refractivity contribution in [3.8, 4) is 0 Å². The van der Waals surface area contributed by atoms with Gasteiger partial charge >= 0.3 is 6.09 Å². The Morgan fingerprint density at radius 1 is 1.30 bits per heavy atom. The number of aryl methyl sites for hydroxylation is 1. The molecule has 2 aliphatic rings. The number of amides is 1. The van der Waals surface area contributed by atoms with E-state index in [9.17, 15) is 4.79 Å². The number of imidazole rings is 1. The van der Waals surface area contributed by atoms with Gasteiger partial charge in [-0.15, -0.1) is 11.3 Å². The summed E-state index contributed by atoms with van der Waals surface area (Å²) in [5.74, 6) is 1.62. The predicted octanol–water partition coefficient (Wildman–Crippen LogP) is 4.02. The molecule has 30 heavy (non-hydrogen) atoms. The highest BCUT2D eigenvalue weighted by Crippen LogP contribution is 2.36. The second-order valence-electron chi connectivity index (χ2n) is 8.09. The molecule has 1 saturated carbocycles. The Hall–Kier alpha value is -2.39. The van der Waals surface area contributed by atoms with Crippen molar-refractivity contribution >= 4 is 27.7 Å². The van der Waals surface area contributed by atoms with Crippen LogP contribution in [-0.4, -0.2) is 57.0 Å². The number of fused-ring (bicyclic) bond motifs is 1. The Labute approximate surface area is 179 Å². The van der Waals surface area contributed by atoms with Crippen LogP contribution in [-0.2, 0) is 6.54 Å². The van der Waals surface area contributed by atoms with Crippen molar-refractivity contribution in [2.45, 2.75) is 44.6 Å². The second kappa shape index (κ2) is 10.1. The minimum atomic E-state index is -0.972. The van der Waals surface area contributed by atoms with Crippen LogP contribution in [0.5, 0.6) is 0 Å². The number of rotatable bonds is 7. The highest BCUT2D eigenvalue weighted by molar-refractivity contribution is 7.17. The summed E-state index contributed by atoms with van der Waals surface area (Å²) in [7, 11) is 0. The number of piperidine rings is 1. The molecule has 0 atom stereocenters. The van der Waals surface area contributed by atoms with E-state index in [2.05, 4.69) is 25.7 Å². The van der Waals surface area contributed by atoms with Crippen LogP contribution >= 0.6 is 11.3 Å². The van der Waals surface area contributed by atoms with Crippen molar-refractivity contribution in [3.63, 3.8) is 0 Å². The Morgan fingerprint density at radius 2 is 2.13 bits per heavy atom. The molecule has 2 fully saturated rings. The van der Waals surface area contributed by atoms with Crippen molar-refractivity contribution in [2.75, 3.05) is 26.2 Å². The van der Waals surface area contributed by atoms with E-state index >= 15 is 0 Å². The van der Waals surface area contributed by atoms with Crippen LogP contribution in [0.3, 0.4) is 0 Å². The van der Waals surface area contributed by atoms with Gasteiger partial charge in [0.1, 0.15) is 5.69 Å². The molecule has 3 aromatic heterocycles. The highest BCUT2D eigenvalue weighted by atomic mass is 32.1. The number of likely N-dealkylation sites (tertiary alicyclic amines) is 1. The first kappa shape index (κ1) is 20.9. The number of hydrogen-bond donors (Lipinski definition) is 2. The number of carbonyl (C=O) groups is 1. The molecule has 1 amide bonds. The van der Waals surface area contributed by atoms with Gasteiger partial charge in [-0.3, -0.25) is 0 Å². The predicted molar refractivity (Wildman–Crippen MR) is 116 cm³/mol. The summed E-state index contributed by atoms with van der Waals surface area (Å²) < 4.78 is 8.57. The molecule has 0 aromatic carbocycles. The molecular weight excluding hydrogens is 402 g/mol. The Balaban J connectivity index is 0.000000159. The maximum absolute atomic E-state index is 10.0. The fourth-order valence-corrected chi connectivity index (χ4v) is 4.76. The van der Waals surface area contributed by atoms with Gasteiger partial charge in [0.25, 0.3) is 0 Å². The molecule has 3 aromatic rings. The third-order valence-corrected chi connectivity index (χ3v) is 6.64. The number of aromatic nitrogens is 3. The topological polar surface area (TPSA) is 96.4 Å². The zero-order valence-electron chi connectivity index (χ0n) is 17.1. The van der Waals surface area contributed by atoms with Gasteiger partial charge < -0.3 is 24.4 Å². The molecule has 0 unspecified atom stereocenters. The molecule has 0 spiro atoms. The van der Waals surface area contributed by atoms with Gasteiger partial charge in [0, 0.05) is 37.9 Å². The first-order chi connectivity index (χ1) is 14.7.